The molecule has 0 amide bonds. The molecule has 2 heteroatoms. The Morgan fingerprint density at radius 2 is 2.54 bits per heavy atom. The summed E-state index contributed by atoms with van der Waals surface area (Å²) in [6, 6.07) is 2.12. The molecule has 1 rings (SSSR count). The third kappa shape index (κ3) is 3.35. The van der Waals surface area contributed by atoms with Crippen LogP contribution in [-0.2, 0) is 6.54 Å². The highest BCUT2D eigenvalue weighted by molar-refractivity contribution is 5.07. The summed E-state index contributed by atoms with van der Waals surface area (Å²) in [5.41, 5.74) is 1.14. The van der Waals surface area contributed by atoms with Crippen LogP contribution in [-0.4, -0.2) is 6.04 Å². The monoisotopic (exact) mass is 177 g/mol. The van der Waals surface area contributed by atoms with Crippen LogP contribution in [0.25, 0.3) is 0 Å². The predicted octanol–water partition coefficient (Wildman–Crippen LogP) is 2.17. The van der Waals surface area contributed by atoms with E-state index in [2.05, 4.69) is 18.2 Å². The molecule has 0 radical (unpaired) electrons. The molecule has 0 spiro atoms. The van der Waals surface area contributed by atoms with E-state index in [-0.39, 0.29) is 6.04 Å². The van der Waals surface area contributed by atoms with Gasteiger partial charge in [0.2, 0.25) is 0 Å². The molecule has 0 aliphatic rings. The number of rotatable bonds is 5. The molecule has 1 aromatic rings. The van der Waals surface area contributed by atoms with Gasteiger partial charge in [-0.05, 0) is 12.5 Å². The van der Waals surface area contributed by atoms with Gasteiger partial charge in [-0.25, -0.2) is 0 Å². The Bertz CT molecular complexity index is 258. The van der Waals surface area contributed by atoms with Crippen LogP contribution in [0.5, 0.6) is 0 Å². The highest BCUT2D eigenvalue weighted by Crippen LogP contribution is 2.01. The van der Waals surface area contributed by atoms with Crippen LogP contribution >= 0.6 is 0 Å². The lowest BCUT2D eigenvalue weighted by molar-refractivity contribution is 0.543. The first-order valence-corrected chi connectivity index (χ1v) is 4.57. The van der Waals surface area contributed by atoms with Crippen LogP contribution < -0.4 is 5.32 Å². The Balaban J connectivity index is 2.29. The molecular weight excluding hydrogens is 162 g/mol. The molecule has 1 atom stereocenters. The Morgan fingerprint density at radius 3 is 3.08 bits per heavy atom. The number of hydrogen-bond acceptors (Lipinski definition) is 2. The minimum Gasteiger partial charge on any atom is -0.472 e. The van der Waals surface area contributed by atoms with Gasteiger partial charge >= 0.3 is 0 Å². The van der Waals surface area contributed by atoms with Crippen LogP contribution in [0.4, 0.5) is 0 Å². The molecule has 1 unspecified atom stereocenters. The summed E-state index contributed by atoms with van der Waals surface area (Å²) in [5, 5.41) is 3.28. The largest absolute Gasteiger partial charge is 0.472 e. The molecule has 0 saturated carbocycles. The fraction of sp³-hybridized carbons (Fsp3) is 0.455. The first-order valence-electron chi connectivity index (χ1n) is 4.57. The van der Waals surface area contributed by atoms with Gasteiger partial charge in [0.25, 0.3) is 0 Å². The van der Waals surface area contributed by atoms with E-state index in [1.54, 1.807) is 12.5 Å². The normalized spacial score (nSPS) is 12.3. The standard InChI is InChI=1S/C11H15NO/c1-3-5-11(4-2)12-8-10-6-7-13-9-10/h2,6-7,9,11-12H,3,5,8H2,1H3. The van der Waals surface area contributed by atoms with E-state index >= 15 is 0 Å². The minimum absolute atomic E-state index is 0.180. The highest BCUT2D eigenvalue weighted by Gasteiger charge is 2.02. The lowest BCUT2D eigenvalue weighted by atomic mass is 10.2. The predicted molar refractivity (Wildman–Crippen MR) is 53.1 cm³/mol. The molecule has 1 aromatic heterocycles. The van der Waals surface area contributed by atoms with Crippen LogP contribution in [0.3, 0.4) is 0 Å². The second-order valence-electron chi connectivity index (χ2n) is 3.02. The summed E-state index contributed by atoms with van der Waals surface area (Å²) in [6.45, 7) is 2.91. The van der Waals surface area contributed by atoms with E-state index in [0.717, 1.165) is 24.9 Å². The third-order valence-corrected chi connectivity index (χ3v) is 1.91. The number of furan rings is 1. The molecular formula is C11H15NO. The van der Waals surface area contributed by atoms with Crippen molar-refractivity contribution in [2.24, 2.45) is 0 Å². The summed E-state index contributed by atoms with van der Waals surface area (Å²) in [5.74, 6) is 2.72. The van der Waals surface area contributed by atoms with E-state index in [4.69, 9.17) is 10.8 Å². The summed E-state index contributed by atoms with van der Waals surface area (Å²) in [6.07, 6.45) is 10.9. The molecule has 1 N–H and O–H groups in total. The maximum Gasteiger partial charge on any atom is 0.0947 e. The van der Waals surface area contributed by atoms with Gasteiger partial charge in [0, 0.05) is 12.1 Å². The zero-order chi connectivity index (χ0) is 9.52. The first kappa shape index (κ1) is 9.88. The molecule has 1 heterocycles. The Hall–Kier alpha value is -1.20. The number of terminal acetylenes is 1. The van der Waals surface area contributed by atoms with Gasteiger partial charge in [-0.3, -0.25) is 5.32 Å². The van der Waals surface area contributed by atoms with E-state index in [9.17, 15) is 0 Å². The second kappa shape index (κ2) is 5.45. The van der Waals surface area contributed by atoms with Crippen molar-refractivity contribution >= 4 is 0 Å². The van der Waals surface area contributed by atoms with Gasteiger partial charge in [0.1, 0.15) is 0 Å². The summed E-state index contributed by atoms with van der Waals surface area (Å²) in [4.78, 5) is 0. The molecule has 70 valence electrons. The maximum absolute atomic E-state index is 5.36. The van der Waals surface area contributed by atoms with Gasteiger partial charge in [-0.2, -0.15) is 0 Å². The highest BCUT2D eigenvalue weighted by atomic mass is 16.3. The van der Waals surface area contributed by atoms with Crippen molar-refractivity contribution in [3.05, 3.63) is 24.2 Å². The Labute approximate surface area is 79.3 Å². The SMILES string of the molecule is C#CC(CCC)NCc1ccoc1. The smallest absolute Gasteiger partial charge is 0.0947 e. The van der Waals surface area contributed by atoms with Crippen LogP contribution in [0, 0.1) is 12.3 Å². The zero-order valence-electron chi connectivity index (χ0n) is 7.92. The van der Waals surface area contributed by atoms with Crippen LogP contribution in [0.1, 0.15) is 25.3 Å². The van der Waals surface area contributed by atoms with Crippen molar-refractivity contribution in [1.29, 1.82) is 0 Å². The fourth-order valence-corrected chi connectivity index (χ4v) is 1.17. The molecule has 0 aliphatic heterocycles. The first-order chi connectivity index (χ1) is 6.36. The van der Waals surface area contributed by atoms with Gasteiger partial charge < -0.3 is 4.42 Å². The Morgan fingerprint density at radius 1 is 1.69 bits per heavy atom. The summed E-state index contributed by atoms with van der Waals surface area (Å²) >= 11 is 0. The zero-order valence-corrected chi connectivity index (χ0v) is 7.92. The molecule has 0 aliphatic carbocycles. The van der Waals surface area contributed by atoms with Gasteiger partial charge in [0.15, 0.2) is 0 Å². The maximum atomic E-state index is 5.36. The average molecular weight is 177 g/mol. The molecule has 0 fully saturated rings. The van der Waals surface area contributed by atoms with E-state index < -0.39 is 0 Å². The lowest BCUT2D eigenvalue weighted by Crippen LogP contribution is -2.26. The van der Waals surface area contributed by atoms with Crippen molar-refractivity contribution in [3.8, 4) is 12.3 Å². The van der Waals surface area contributed by atoms with Gasteiger partial charge in [0.05, 0.1) is 18.6 Å². The van der Waals surface area contributed by atoms with Crippen molar-refractivity contribution in [1.82, 2.24) is 5.32 Å². The average Bonchev–Trinajstić information content (AvgIpc) is 2.64. The number of hydrogen-bond donors (Lipinski definition) is 1. The molecule has 13 heavy (non-hydrogen) atoms. The summed E-state index contributed by atoms with van der Waals surface area (Å²) in [7, 11) is 0. The van der Waals surface area contributed by atoms with Crippen molar-refractivity contribution < 1.29 is 4.42 Å². The van der Waals surface area contributed by atoms with E-state index in [1.807, 2.05) is 6.07 Å². The molecule has 0 bridgehead atoms. The third-order valence-electron chi connectivity index (χ3n) is 1.91. The Kier molecular flexibility index (Phi) is 4.14. The number of nitrogens with one attached hydrogen (secondary N) is 1. The van der Waals surface area contributed by atoms with Crippen LogP contribution in [0.15, 0.2) is 23.0 Å². The van der Waals surface area contributed by atoms with E-state index in [1.165, 1.54) is 0 Å². The molecule has 0 aromatic carbocycles. The van der Waals surface area contributed by atoms with E-state index in [0.29, 0.717) is 0 Å². The lowest BCUT2D eigenvalue weighted by Gasteiger charge is -2.10. The minimum atomic E-state index is 0.180. The van der Waals surface area contributed by atoms with Crippen LogP contribution in [0.2, 0.25) is 0 Å². The van der Waals surface area contributed by atoms with Crippen molar-refractivity contribution in [2.45, 2.75) is 32.4 Å². The van der Waals surface area contributed by atoms with Crippen molar-refractivity contribution in [3.63, 3.8) is 0 Å². The van der Waals surface area contributed by atoms with Gasteiger partial charge in [-0.1, -0.05) is 19.3 Å². The second-order valence-corrected chi connectivity index (χ2v) is 3.02. The molecule has 2 nitrogen and oxygen atoms in total. The van der Waals surface area contributed by atoms with Gasteiger partial charge in [-0.15, -0.1) is 6.42 Å². The topological polar surface area (TPSA) is 25.2 Å². The molecule has 0 saturated heterocycles. The van der Waals surface area contributed by atoms with Crippen molar-refractivity contribution in [2.75, 3.05) is 0 Å². The quantitative estimate of drug-likeness (QED) is 0.697. The summed E-state index contributed by atoms with van der Waals surface area (Å²) < 4.78 is 4.95. The fourth-order valence-electron chi connectivity index (χ4n) is 1.17.